The summed E-state index contributed by atoms with van der Waals surface area (Å²) in [6, 6.07) is 7.29. The standard InChI is InChI=1S/C16H19ClN4O3/c1-21-8-12(18-14(22)9-23-2)7-13(21)16-19-15(20-24-16)10-3-5-11(17)6-4-10/h3-6,12-13H,7-9H2,1-2H3,(H,18,22). The van der Waals surface area contributed by atoms with Crippen molar-refractivity contribution in [1.82, 2.24) is 20.4 Å². The van der Waals surface area contributed by atoms with Crippen molar-refractivity contribution in [1.29, 1.82) is 0 Å². The van der Waals surface area contributed by atoms with Crippen molar-refractivity contribution >= 4 is 17.5 Å². The topological polar surface area (TPSA) is 80.5 Å². The van der Waals surface area contributed by atoms with Crippen LogP contribution in [0, 0.1) is 0 Å². The minimum absolute atomic E-state index is 0.0219. The number of benzene rings is 1. The quantitative estimate of drug-likeness (QED) is 0.887. The maximum absolute atomic E-state index is 11.6. The Hall–Kier alpha value is -1.96. The molecule has 3 rings (SSSR count). The van der Waals surface area contributed by atoms with Gasteiger partial charge in [0.15, 0.2) is 0 Å². The van der Waals surface area contributed by atoms with E-state index in [1.807, 2.05) is 19.2 Å². The van der Waals surface area contributed by atoms with Gasteiger partial charge in [0, 0.05) is 30.3 Å². The summed E-state index contributed by atoms with van der Waals surface area (Å²) in [7, 11) is 3.47. The third kappa shape index (κ3) is 3.75. The Morgan fingerprint density at radius 2 is 2.21 bits per heavy atom. The average Bonchev–Trinajstić information content (AvgIpc) is 3.15. The molecule has 1 aromatic heterocycles. The molecule has 1 amide bonds. The Kier molecular flexibility index (Phi) is 5.13. The number of ether oxygens (including phenoxy) is 1. The van der Waals surface area contributed by atoms with E-state index < -0.39 is 0 Å². The molecule has 1 aliphatic rings. The number of hydrogen-bond donors (Lipinski definition) is 1. The van der Waals surface area contributed by atoms with Crippen molar-refractivity contribution in [3.63, 3.8) is 0 Å². The predicted octanol–water partition coefficient (Wildman–Crippen LogP) is 1.90. The Bertz CT molecular complexity index is 704. The molecular weight excluding hydrogens is 332 g/mol. The Balaban J connectivity index is 1.68. The van der Waals surface area contributed by atoms with Crippen molar-refractivity contribution in [3.8, 4) is 11.4 Å². The smallest absolute Gasteiger partial charge is 0.246 e. The minimum atomic E-state index is -0.121. The van der Waals surface area contributed by atoms with Crippen LogP contribution in [-0.2, 0) is 9.53 Å². The van der Waals surface area contributed by atoms with Crippen LogP contribution in [0.15, 0.2) is 28.8 Å². The Morgan fingerprint density at radius 1 is 1.46 bits per heavy atom. The lowest BCUT2D eigenvalue weighted by Gasteiger charge is -2.14. The second-order valence-electron chi connectivity index (χ2n) is 5.85. The molecule has 7 nitrogen and oxygen atoms in total. The van der Waals surface area contributed by atoms with Crippen LogP contribution in [0.4, 0.5) is 0 Å². The van der Waals surface area contributed by atoms with E-state index in [0.29, 0.717) is 23.2 Å². The number of carbonyl (C=O) groups excluding carboxylic acids is 1. The number of likely N-dealkylation sites (tertiary alicyclic amines) is 1. The van der Waals surface area contributed by atoms with Crippen molar-refractivity contribution in [2.24, 2.45) is 0 Å². The van der Waals surface area contributed by atoms with E-state index in [2.05, 4.69) is 20.4 Å². The van der Waals surface area contributed by atoms with Crippen LogP contribution in [0.5, 0.6) is 0 Å². The van der Waals surface area contributed by atoms with Gasteiger partial charge in [-0.15, -0.1) is 0 Å². The monoisotopic (exact) mass is 350 g/mol. The van der Waals surface area contributed by atoms with Crippen LogP contribution in [0.3, 0.4) is 0 Å². The van der Waals surface area contributed by atoms with Crippen molar-refractivity contribution in [2.75, 3.05) is 27.3 Å². The van der Waals surface area contributed by atoms with Crippen LogP contribution in [0.2, 0.25) is 5.02 Å². The highest BCUT2D eigenvalue weighted by atomic mass is 35.5. The number of hydrogen-bond acceptors (Lipinski definition) is 6. The fraction of sp³-hybridized carbons (Fsp3) is 0.438. The zero-order valence-electron chi connectivity index (χ0n) is 13.5. The van der Waals surface area contributed by atoms with Gasteiger partial charge in [-0.25, -0.2) is 0 Å². The number of rotatable bonds is 5. The molecule has 2 heterocycles. The summed E-state index contributed by atoms with van der Waals surface area (Å²) in [4.78, 5) is 18.2. The SMILES string of the molecule is COCC(=O)NC1CC(c2nc(-c3ccc(Cl)cc3)no2)N(C)C1. The van der Waals surface area contributed by atoms with E-state index in [1.54, 1.807) is 12.1 Å². The van der Waals surface area contributed by atoms with Crippen LogP contribution in [0.1, 0.15) is 18.4 Å². The molecule has 8 heteroatoms. The Morgan fingerprint density at radius 3 is 2.92 bits per heavy atom. The average molecular weight is 351 g/mol. The number of likely N-dealkylation sites (N-methyl/N-ethyl adjacent to an activating group) is 1. The minimum Gasteiger partial charge on any atom is -0.375 e. The summed E-state index contributed by atoms with van der Waals surface area (Å²) >= 11 is 5.89. The third-order valence-electron chi connectivity index (χ3n) is 4.02. The van der Waals surface area contributed by atoms with Gasteiger partial charge in [0.25, 0.3) is 0 Å². The maximum atomic E-state index is 11.6. The van der Waals surface area contributed by atoms with Gasteiger partial charge in [-0.05, 0) is 37.7 Å². The van der Waals surface area contributed by atoms with Gasteiger partial charge in [-0.1, -0.05) is 16.8 Å². The number of halogens is 1. The fourth-order valence-electron chi connectivity index (χ4n) is 2.88. The molecule has 0 aliphatic carbocycles. The summed E-state index contributed by atoms with van der Waals surface area (Å²) in [5.41, 5.74) is 0.847. The van der Waals surface area contributed by atoms with E-state index in [1.165, 1.54) is 7.11 Å². The van der Waals surface area contributed by atoms with Crippen LogP contribution >= 0.6 is 11.6 Å². The summed E-state index contributed by atoms with van der Waals surface area (Å²) in [5.74, 6) is 0.955. The lowest BCUT2D eigenvalue weighted by Crippen LogP contribution is -2.38. The van der Waals surface area contributed by atoms with Crippen molar-refractivity contribution in [3.05, 3.63) is 35.2 Å². The molecule has 128 valence electrons. The molecule has 1 saturated heterocycles. The van der Waals surface area contributed by atoms with Gasteiger partial charge in [0.2, 0.25) is 17.6 Å². The van der Waals surface area contributed by atoms with E-state index in [0.717, 1.165) is 12.1 Å². The van der Waals surface area contributed by atoms with E-state index in [9.17, 15) is 4.79 Å². The molecular formula is C16H19ClN4O3. The molecule has 0 bridgehead atoms. The summed E-state index contributed by atoms with van der Waals surface area (Å²) < 4.78 is 10.3. The molecule has 1 N–H and O–H groups in total. The van der Waals surface area contributed by atoms with Gasteiger partial charge >= 0.3 is 0 Å². The molecule has 0 radical (unpaired) electrons. The molecule has 24 heavy (non-hydrogen) atoms. The van der Waals surface area contributed by atoms with Gasteiger partial charge < -0.3 is 14.6 Å². The zero-order chi connectivity index (χ0) is 17.1. The molecule has 2 unspecified atom stereocenters. The Labute approximate surface area is 144 Å². The fourth-order valence-corrected chi connectivity index (χ4v) is 3.01. The molecule has 2 aromatic rings. The van der Waals surface area contributed by atoms with Gasteiger partial charge in [0.05, 0.1) is 6.04 Å². The maximum Gasteiger partial charge on any atom is 0.246 e. The highest BCUT2D eigenvalue weighted by molar-refractivity contribution is 6.30. The lowest BCUT2D eigenvalue weighted by molar-refractivity contribution is -0.125. The number of amides is 1. The molecule has 1 aromatic carbocycles. The van der Waals surface area contributed by atoms with Gasteiger partial charge in [0.1, 0.15) is 6.61 Å². The first-order valence-corrected chi connectivity index (χ1v) is 8.02. The first kappa shape index (κ1) is 16.9. The summed E-state index contributed by atoms with van der Waals surface area (Å²) in [6.45, 7) is 0.783. The van der Waals surface area contributed by atoms with Crippen molar-refractivity contribution < 1.29 is 14.1 Å². The first-order valence-electron chi connectivity index (χ1n) is 7.65. The first-order chi connectivity index (χ1) is 11.6. The van der Waals surface area contributed by atoms with Gasteiger partial charge in [-0.2, -0.15) is 4.98 Å². The zero-order valence-corrected chi connectivity index (χ0v) is 14.3. The van der Waals surface area contributed by atoms with Gasteiger partial charge in [-0.3, -0.25) is 9.69 Å². The molecule has 2 atom stereocenters. The number of carbonyl (C=O) groups is 1. The van der Waals surface area contributed by atoms with Crippen LogP contribution in [-0.4, -0.2) is 54.3 Å². The van der Waals surface area contributed by atoms with E-state index in [4.69, 9.17) is 20.9 Å². The molecule has 0 saturated carbocycles. The van der Waals surface area contributed by atoms with Crippen molar-refractivity contribution in [2.45, 2.75) is 18.5 Å². The number of nitrogens with zero attached hydrogens (tertiary/aromatic N) is 3. The normalized spacial score (nSPS) is 21.1. The third-order valence-corrected chi connectivity index (χ3v) is 4.27. The number of methoxy groups -OCH3 is 1. The second kappa shape index (κ2) is 7.29. The molecule has 1 aliphatic heterocycles. The highest BCUT2D eigenvalue weighted by Gasteiger charge is 2.35. The number of aromatic nitrogens is 2. The molecule has 1 fully saturated rings. The summed E-state index contributed by atoms with van der Waals surface area (Å²) in [5, 5.41) is 7.65. The van der Waals surface area contributed by atoms with Crippen LogP contribution in [0.25, 0.3) is 11.4 Å². The summed E-state index contributed by atoms with van der Waals surface area (Å²) in [6.07, 6.45) is 0.716. The highest BCUT2D eigenvalue weighted by Crippen LogP contribution is 2.31. The van der Waals surface area contributed by atoms with Crippen LogP contribution < -0.4 is 5.32 Å². The second-order valence-corrected chi connectivity index (χ2v) is 6.29. The molecule has 0 spiro atoms. The predicted molar refractivity (Wildman–Crippen MR) is 88.5 cm³/mol. The lowest BCUT2D eigenvalue weighted by atomic mass is 10.1. The van der Waals surface area contributed by atoms with E-state index in [-0.39, 0.29) is 24.6 Å². The number of nitrogens with one attached hydrogen (secondary N) is 1. The van der Waals surface area contributed by atoms with E-state index >= 15 is 0 Å². The largest absolute Gasteiger partial charge is 0.375 e.